The molecule has 2 aliphatic rings. The molecule has 62 heavy (non-hydrogen) atoms. The number of hydrogen-bond donors (Lipinski definition) is 0. The summed E-state index contributed by atoms with van der Waals surface area (Å²) in [5.74, 6) is 0. The Morgan fingerprint density at radius 2 is 0.774 bits per heavy atom. The summed E-state index contributed by atoms with van der Waals surface area (Å²) in [6, 6.07) is 41.7. The molecule has 336 valence electrons. The number of aryl methyl sites for hydroxylation is 2. The molecule has 2 aliphatic carbocycles. The molecule has 0 bridgehead atoms. The van der Waals surface area contributed by atoms with Gasteiger partial charge in [0.2, 0.25) is 0 Å². The Kier molecular flexibility index (Phi) is 25.2. The van der Waals surface area contributed by atoms with E-state index in [0.717, 1.165) is 12.8 Å². The van der Waals surface area contributed by atoms with Gasteiger partial charge in [0.25, 0.3) is 0 Å². The first-order valence-electron chi connectivity index (χ1n) is 23.1. The van der Waals surface area contributed by atoms with Gasteiger partial charge >= 0.3 is 30.2 Å². The summed E-state index contributed by atoms with van der Waals surface area (Å²) in [4.78, 5) is 0. The second-order valence-corrected chi connectivity index (χ2v) is 18.7. The van der Waals surface area contributed by atoms with E-state index in [1.807, 2.05) is 0 Å². The Hall–Kier alpha value is -2.22. The Morgan fingerprint density at radius 3 is 1.08 bits per heavy atom. The Bertz CT molecular complexity index is 1970. The molecule has 0 N–H and O–H groups in total. The van der Waals surface area contributed by atoms with Crippen molar-refractivity contribution in [1.82, 2.24) is 0 Å². The summed E-state index contributed by atoms with van der Waals surface area (Å²) in [7, 11) is 0. The summed E-state index contributed by atoms with van der Waals surface area (Å²) in [6.45, 7) is 12.6. The molecule has 2 fully saturated rings. The quantitative estimate of drug-likeness (QED) is 0.105. The first kappa shape index (κ1) is 55.9. The zero-order valence-electron chi connectivity index (χ0n) is 39.4. The molecule has 0 heterocycles. The average molecular weight is 965 g/mol. The second kappa shape index (κ2) is 28.0. The Labute approximate surface area is 409 Å². The van der Waals surface area contributed by atoms with Crippen molar-refractivity contribution in [2.24, 2.45) is 10.8 Å². The molecule has 8 rings (SSSR count). The number of rotatable bonds is 8. The topological polar surface area (TPSA) is 0 Å². The van der Waals surface area contributed by atoms with Gasteiger partial charge in [-0.1, -0.05) is 177 Å². The van der Waals surface area contributed by atoms with Gasteiger partial charge in [-0.25, -0.2) is 0 Å². The molecule has 0 atom stereocenters. The summed E-state index contributed by atoms with van der Waals surface area (Å²) in [5.41, 5.74) is 12.3. The van der Waals surface area contributed by atoms with Crippen molar-refractivity contribution in [2.45, 2.75) is 156 Å². The number of hydrogen-bond acceptors (Lipinski definition) is 0. The predicted molar refractivity (Wildman–Crippen MR) is 279 cm³/mol. The molecule has 0 spiro atoms. The monoisotopic (exact) mass is 962 g/mol. The van der Waals surface area contributed by atoms with E-state index in [4.69, 9.17) is 0 Å². The van der Waals surface area contributed by atoms with E-state index in [2.05, 4.69) is 144 Å². The number of benzene rings is 4. The van der Waals surface area contributed by atoms with E-state index in [-0.39, 0.29) is 39.7 Å². The van der Waals surface area contributed by atoms with Crippen LogP contribution in [0.25, 0.3) is 43.8 Å². The van der Waals surface area contributed by atoms with Crippen LogP contribution in [0.15, 0.2) is 109 Å². The van der Waals surface area contributed by atoms with Crippen LogP contribution in [0.2, 0.25) is 0 Å². The van der Waals surface area contributed by atoms with E-state index in [9.17, 15) is 0 Å². The zero-order chi connectivity index (χ0) is 40.8. The van der Waals surface area contributed by atoms with Crippen LogP contribution >= 0.6 is 24.8 Å². The standard InChI is InChI=1S/2C28H35.2CH3.2ClH.Si.Zr/c2*1-3-22-13-15-24(16-14-22)26-12-10-11-25-19-23(20-27(25)26)21-28(2)17-8-6-4-5-7-9-18-28;;;;;;/h2*10-16,19-20H,3-9,17-18,21H2,1-2H3;2*1H3;2*1H;;/q4*-1;;;;. The van der Waals surface area contributed by atoms with Crippen molar-refractivity contribution in [1.29, 1.82) is 0 Å². The summed E-state index contributed by atoms with van der Waals surface area (Å²) < 4.78 is 0. The molecule has 6 aromatic rings. The minimum absolute atomic E-state index is 0. The molecule has 2 saturated carbocycles. The summed E-state index contributed by atoms with van der Waals surface area (Å²) >= 11 is 1.36. The third-order valence-corrected chi connectivity index (χ3v) is 13.9. The van der Waals surface area contributed by atoms with Crippen LogP contribution in [0.4, 0.5) is 0 Å². The van der Waals surface area contributed by atoms with Gasteiger partial charge in [0.15, 0.2) is 0 Å². The summed E-state index contributed by atoms with van der Waals surface area (Å²) in [5, 5.41) is 5.65. The van der Waals surface area contributed by atoms with Crippen molar-refractivity contribution in [3.05, 3.63) is 146 Å². The van der Waals surface area contributed by atoms with Gasteiger partial charge in [-0.2, -0.15) is 12.1 Å². The molecule has 0 aliphatic heterocycles. The van der Waals surface area contributed by atoms with Crippen LogP contribution in [0.3, 0.4) is 0 Å². The van der Waals surface area contributed by atoms with Crippen LogP contribution in [-0.2, 0) is 49.0 Å². The molecule has 0 amide bonds. The fourth-order valence-corrected chi connectivity index (χ4v) is 10.4. The van der Waals surface area contributed by atoms with E-state index in [1.54, 1.807) is 0 Å². The molecule has 6 aromatic carbocycles. The maximum absolute atomic E-state index is 3.06. The normalized spacial score (nSPS) is 16.1. The predicted octanol–water partition coefficient (Wildman–Crippen LogP) is 18.3. The third kappa shape index (κ3) is 15.5. The molecule has 0 saturated heterocycles. The third-order valence-electron chi connectivity index (χ3n) is 13.9. The van der Waals surface area contributed by atoms with Crippen molar-refractivity contribution in [3.8, 4) is 22.3 Å². The molecule has 4 heteroatoms. The van der Waals surface area contributed by atoms with E-state index >= 15 is 0 Å². The van der Waals surface area contributed by atoms with Crippen LogP contribution in [0.5, 0.6) is 0 Å². The second-order valence-electron chi connectivity index (χ2n) is 18.7. The van der Waals surface area contributed by atoms with Gasteiger partial charge in [-0.05, 0) is 84.5 Å². The van der Waals surface area contributed by atoms with Crippen LogP contribution in [-0.4, -0.2) is 6.88 Å². The fourth-order valence-electron chi connectivity index (χ4n) is 10.4. The number of fused-ring (bicyclic) bond motifs is 2. The van der Waals surface area contributed by atoms with Crippen molar-refractivity contribution < 1.29 is 23.3 Å². The first-order chi connectivity index (χ1) is 28.3. The van der Waals surface area contributed by atoms with Crippen molar-refractivity contribution >= 4 is 53.2 Å². The van der Waals surface area contributed by atoms with Gasteiger partial charge in [0, 0.05) is 0 Å². The number of halogens is 2. The molecule has 2 radical (unpaired) electrons. The minimum atomic E-state index is 0. The molecular formula is C58H78Cl2SiZr-4. The van der Waals surface area contributed by atoms with Gasteiger partial charge in [-0.15, -0.1) is 93.9 Å². The van der Waals surface area contributed by atoms with Crippen molar-refractivity contribution in [2.75, 3.05) is 0 Å². The van der Waals surface area contributed by atoms with E-state index < -0.39 is 0 Å². The molecule has 0 nitrogen and oxygen atoms in total. The maximum atomic E-state index is 3.06. The van der Waals surface area contributed by atoms with E-state index in [1.165, 1.54) is 205 Å². The van der Waals surface area contributed by atoms with Crippen molar-refractivity contribution in [3.63, 3.8) is 0 Å². The molecule has 0 aromatic heterocycles. The van der Waals surface area contributed by atoms with Gasteiger partial charge in [0.05, 0.1) is 0 Å². The van der Waals surface area contributed by atoms with Gasteiger partial charge in [-0.3, -0.25) is 0 Å². The van der Waals surface area contributed by atoms with Crippen LogP contribution < -0.4 is 0 Å². The molecule has 0 unspecified atom stereocenters. The Balaban J connectivity index is 0.000000386. The fraction of sp³-hybridized carbons (Fsp3) is 0.448. The Morgan fingerprint density at radius 1 is 0.468 bits per heavy atom. The van der Waals surface area contributed by atoms with E-state index in [0.29, 0.717) is 10.8 Å². The molecular weight excluding hydrogens is 887 g/mol. The van der Waals surface area contributed by atoms with Gasteiger partial charge < -0.3 is 14.9 Å². The summed E-state index contributed by atoms with van der Waals surface area (Å²) in [6.07, 6.45) is 27.3. The SMILES string of the molecule is CCc1ccc(-c2cccc3[cH-]c(CC4(C)CCCCCCCC4)cc23)cc1.CCc1ccc(-c2cccc3[cH-]c(CC4(C)CCCCCCCC4)cc23)cc1.Cl.Cl.[CH3-].[CH3-].[Si]=[Zr]. The van der Waals surface area contributed by atoms with Gasteiger partial charge in [0.1, 0.15) is 0 Å². The zero-order valence-corrected chi connectivity index (χ0v) is 44.4. The van der Waals surface area contributed by atoms with Crippen LogP contribution in [0.1, 0.15) is 153 Å². The average Bonchev–Trinajstić information content (AvgIpc) is 3.90. The van der Waals surface area contributed by atoms with Crippen LogP contribution in [0, 0.1) is 25.7 Å². The first-order valence-corrected chi connectivity index (χ1v) is 27.3.